The van der Waals surface area contributed by atoms with Gasteiger partial charge in [0.2, 0.25) is 5.91 Å². The van der Waals surface area contributed by atoms with Gasteiger partial charge in [0.05, 0.1) is 11.8 Å². The van der Waals surface area contributed by atoms with Crippen molar-refractivity contribution in [2.24, 2.45) is 0 Å². The molecule has 1 aliphatic heterocycles. The fourth-order valence-electron chi connectivity index (χ4n) is 4.39. The Kier molecular flexibility index (Phi) is 6.00. The van der Waals surface area contributed by atoms with Gasteiger partial charge in [0, 0.05) is 31.7 Å². The van der Waals surface area contributed by atoms with Crippen molar-refractivity contribution < 1.29 is 18.4 Å². The van der Waals surface area contributed by atoms with Crippen LogP contribution in [0.15, 0.2) is 74.5 Å². The van der Waals surface area contributed by atoms with Crippen molar-refractivity contribution in [3.63, 3.8) is 0 Å². The third-order valence-electron chi connectivity index (χ3n) is 6.25. The molecule has 0 saturated carbocycles. The van der Waals surface area contributed by atoms with Gasteiger partial charge >= 0.3 is 5.76 Å². The molecule has 1 aliphatic rings. The molecule has 180 valence electrons. The van der Waals surface area contributed by atoms with Crippen molar-refractivity contribution in [1.29, 1.82) is 0 Å². The van der Waals surface area contributed by atoms with Gasteiger partial charge in [-0.3, -0.25) is 14.2 Å². The monoisotopic (exact) mass is 474 g/mol. The summed E-state index contributed by atoms with van der Waals surface area (Å²) in [6.45, 7) is 1.43. The number of likely N-dealkylation sites (N-methyl/N-ethyl adjacent to an activating group) is 1. The molecule has 1 unspecified atom stereocenters. The fourth-order valence-corrected chi connectivity index (χ4v) is 4.39. The molecule has 0 aliphatic carbocycles. The summed E-state index contributed by atoms with van der Waals surface area (Å²) in [6.07, 6.45) is 1.83. The quantitative estimate of drug-likeness (QED) is 0.461. The molecule has 0 fully saturated rings. The Hall–Kier alpha value is -4.11. The Balaban J connectivity index is 1.43. The predicted octanol–water partition coefficient (Wildman–Crippen LogP) is 2.95. The number of rotatable bonds is 6. The van der Waals surface area contributed by atoms with Crippen LogP contribution in [-0.4, -0.2) is 52.9 Å². The number of amides is 2. The van der Waals surface area contributed by atoms with E-state index in [2.05, 4.69) is 5.32 Å². The molecule has 4 aromatic rings. The number of aromatic nitrogens is 1. The molecule has 1 N–H and O–H groups in total. The van der Waals surface area contributed by atoms with E-state index in [1.807, 2.05) is 43.3 Å². The van der Waals surface area contributed by atoms with E-state index in [0.29, 0.717) is 42.8 Å². The molecule has 9 heteroatoms. The van der Waals surface area contributed by atoms with Crippen LogP contribution in [0, 0.1) is 0 Å². The van der Waals surface area contributed by atoms with Crippen LogP contribution in [0.4, 0.5) is 5.69 Å². The second-order valence-corrected chi connectivity index (χ2v) is 8.89. The zero-order valence-corrected chi connectivity index (χ0v) is 19.6. The van der Waals surface area contributed by atoms with Crippen molar-refractivity contribution in [2.75, 3.05) is 26.0 Å². The Labute approximate surface area is 201 Å². The van der Waals surface area contributed by atoms with Gasteiger partial charge in [-0.1, -0.05) is 24.3 Å². The minimum atomic E-state index is -0.724. The topological polar surface area (TPSA) is 101 Å². The number of carbonyl (C=O) groups is 2. The van der Waals surface area contributed by atoms with Gasteiger partial charge in [0.25, 0.3) is 5.91 Å². The summed E-state index contributed by atoms with van der Waals surface area (Å²) < 4.78 is 12.2. The molecular weight excluding hydrogens is 448 g/mol. The lowest BCUT2D eigenvalue weighted by Crippen LogP contribution is -2.50. The summed E-state index contributed by atoms with van der Waals surface area (Å²) in [6, 6.07) is 15.4. The summed E-state index contributed by atoms with van der Waals surface area (Å²) in [7, 11) is 3.86. The predicted molar refractivity (Wildman–Crippen MR) is 130 cm³/mol. The van der Waals surface area contributed by atoms with E-state index in [-0.39, 0.29) is 17.6 Å². The van der Waals surface area contributed by atoms with Gasteiger partial charge in [-0.25, -0.2) is 4.79 Å². The van der Waals surface area contributed by atoms with E-state index in [0.717, 1.165) is 11.1 Å². The average Bonchev–Trinajstić information content (AvgIpc) is 3.49. The Morgan fingerprint density at radius 3 is 2.63 bits per heavy atom. The molecule has 0 bridgehead atoms. The molecule has 35 heavy (non-hydrogen) atoms. The van der Waals surface area contributed by atoms with Gasteiger partial charge in [-0.2, -0.15) is 0 Å². The van der Waals surface area contributed by atoms with Crippen molar-refractivity contribution in [3.05, 3.63) is 88.3 Å². The lowest BCUT2D eigenvalue weighted by atomic mass is 9.93. The van der Waals surface area contributed by atoms with Crippen molar-refractivity contribution in [2.45, 2.75) is 25.6 Å². The third-order valence-corrected chi connectivity index (χ3v) is 6.25. The Morgan fingerprint density at radius 1 is 1.09 bits per heavy atom. The van der Waals surface area contributed by atoms with Gasteiger partial charge in [0.15, 0.2) is 11.3 Å². The molecule has 1 atom stereocenters. The first-order valence-corrected chi connectivity index (χ1v) is 11.4. The number of hydrogen-bond donors (Lipinski definition) is 1. The van der Waals surface area contributed by atoms with E-state index < -0.39 is 11.8 Å². The molecule has 5 rings (SSSR count). The molecule has 2 aromatic heterocycles. The number of carbonyl (C=O) groups excluding carboxylic acids is 2. The van der Waals surface area contributed by atoms with Gasteiger partial charge in [-0.15, -0.1) is 0 Å². The van der Waals surface area contributed by atoms with E-state index in [1.165, 1.54) is 6.26 Å². The maximum absolute atomic E-state index is 13.5. The van der Waals surface area contributed by atoms with Crippen molar-refractivity contribution >= 4 is 28.6 Å². The first kappa shape index (κ1) is 22.7. The second-order valence-electron chi connectivity index (χ2n) is 8.89. The van der Waals surface area contributed by atoms with Crippen molar-refractivity contribution in [1.82, 2.24) is 14.4 Å². The molecule has 0 radical (unpaired) electrons. The Morgan fingerprint density at radius 2 is 1.89 bits per heavy atom. The van der Waals surface area contributed by atoms with Crippen LogP contribution in [0.5, 0.6) is 0 Å². The van der Waals surface area contributed by atoms with E-state index in [1.54, 1.807) is 39.8 Å². The van der Waals surface area contributed by atoms with Crippen LogP contribution >= 0.6 is 0 Å². The van der Waals surface area contributed by atoms with Crippen LogP contribution < -0.4 is 11.1 Å². The second kappa shape index (κ2) is 9.27. The summed E-state index contributed by atoms with van der Waals surface area (Å²) in [5, 5.41) is 2.94. The largest absolute Gasteiger partial charge is 0.459 e. The SMILES string of the molecule is CN(C)CCn1c(=O)oc2ccc(NC(=O)C3Cc4ccccc4CN3C(=O)c3ccco3)cc21. The summed E-state index contributed by atoms with van der Waals surface area (Å²) in [5.41, 5.74) is 3.60. The molecule has 9 nitrogen and oxygen atoms in total. The lowest BCUT2D eigenvalue weighted by Gasteiger charge is -2.35. The summed E-state index contributed by atoms with van der Waals surface area (Å²) in [4.78, 5) is 42.5. The number of nitrogens with zero attached hydrogens (tertiary/aromatic N) is 3. The van der Waals surface area contributed by atoms with Crippen molar-refractivity contribution in [3.8, 4) is 0 Å². The lowest BCUT2D eigenvalue weighted by molar-refractivity contribution is -0.121. The van der Waals surface area contributed by atoms with E-state index in [4.69, 9.17) is 8.83 Å². The average molecular weight is 475 g/mol. The Bertz CT molecular complexity index is 1430. The van der Waals surface area contributed by atoms with Crippen LogP contribution in [0.2, 0.25) is 0 Å². The summed E-state index contributed by atoms with van der Waals surface area (Å²) in [5.74, 6) is -0.909. The fraction of sp³-hybridized carbons (Fsp3) is 0.269. The number of nitrogens with one attached hydrogen (secondary N) is 1. The molecular formula is C26H26N4O5. The highest BCUT2D eigenvalue weighted by Gasteiger charge is 2.36. The summed E-state index contributed by atoms with van der Waals surface area (Å²) >= 11 is 0. The highest BCUT2D eigenvalue weighted by Crippen LogP contribution is 2.27. The van der Waals surface area contributed by atoms with Crippen LogP contribution in [0.3, 0.4) is 0 Å². The van der Waals surface area contributed by atoms with Crippen LogP contribution in [0.1, 0.15) is 21.7 Å². The molecule has 0 spiro atoms. The number of anilines is 1. The van der Waals surface area contributed by atoms with E-state index in [9.17, 15) is 14.4 Å². The minimum absolute atomic E-state index is 0.187. The minimum Gasteiger partial charge on any atom is -0.459 e. The number of benzene rings is 2. The third kappa shape index (κ3) is 4.50. The van der Waals surface area contributed by atoms with E-state index >= 15 is 0 Å². The normalized spacial score (nSPS) is 15.4. The molecule has 2 aromatic carbocycles. The first-order chi connectivity index (χ1) is 16.9. The zero-order valence-electron chi connectivity index (χ0n) is 19.6. The van der Waals surface area contributed by atoms with Crippen LogP contribution in [0.25, 0.3) is 11.1 Å². The highest BCUT2D eigenvalue weighted by atomic mass is 16.4. The highest BCUT2D eigenvalue weighted by molar-refractivity contribution is 6.01. The molecule has 0 saturated heterocycles. The van der Waals surface area contributed by atoms with Gasteiger partial charge in [0.1, 0.15) is 6.04 Å². The smallest absolute Gasteiger partial charge is 0.419 e. The molecule has 2 amide bonds. The number of hydrogen-bond acceptors (Lipinski definition) is 6. The maximum Gasteiger partial charge on any atom is 0.419 e. The van der Waals surface area contributed by atoms with Crippen LogP contribution in [-0.2, 0) is 24.3 Å². The maximum atomic E-state index is 13.5. The van der Waals surface area contributed by atoms with Gasteiger partial charge < -0.3 is 24.0 Å². The number of oxazole rings is 1. The zero-order chi connectivity index (χ0) is 24.5. The number of fused-ring (bicyclic) bond motifs is 2. The first-order valence-electron chi connectivity index (χ1n) is 11.4. The number of furan rings is 1. The standard InChI is InChI=1S/C26H26N4O5/c1-28(2)11-12-29-20-15-19(9-10-22(20)35-26(29)33)27-24(31)21-14-17-6-3-4-7-18(17)16-30(21)25(32)23-8-5-13-34-23/h3-10,13,15,21H,11-12,14,16H2,1-2H3,(H,27,31). The molecule has 3 heterocycles. The van der Waals surface area contributed by atoms with Gasteiger partial charge in [-0.05, 0) is 55.6 Å².